The van der Waals surface area contributed by atoms with Crippen molar-refractivity contribution in [3.63, 3.8) is 0 Å². The zero-order chi connectivity index (χ0) is 59.9. The first-order chi connectivity index (χ1) is 41.0. The first-order valence-corrected chi connectivity index (χ1v) is 37.8. The number of carbonyl (C=O) groups excluding carboxylic acids is 3. The second-order valence-corrected chi connectivity index (χ2v) is 25.9. The van der Waals surface area contributed by atoms with E-state index in [4.69, 9.17) is 14.2 Å². The summed E-state index contributed by atoms with van der Waals surface area (Å²) < 4.78 is 17.0. The van der Waals surface area contributed by atoms with Gasteiger partial charge in [-0.15, -0.1) is 0 Å². The first-order valence-electron chi connectivity index (χ1n) is 37.8. The number of rotatable bonds is 71. The summed E-state index contributed by atoms with van der Waals surface area (Å²) in [4.78, 5) is 38.5. The van der Waals surface area contributed by atoms with Crippen LogP contribution in [-0.4, -0.2) is 37.2 Å². The van der Waals surface area contributed by atoms with Gasteiger partial charge in [-0.3, -0.25) is 14.4 Å². The molecule has 0 N–H and O–H groups in total. The van der Waals surface area contributed by atoms with E-state index in [1.165, 1.54) is 334 Å². The van der Waals surface area contributed by atoms with Gasteiger partial charge in [0.05, 0.1) is 0 Å². The van der Waals surface area contributed by atoms with Crippen molar-refractivity contribution in [2.24, 2.45) is 0 Å². The van der Waals surface area contributed by atoms with Crippen molar-refractivity contribution >= 4 is 17.9 Å². The van der Waals surface area contributed by atoms with Crippen LogP contribution >= 0.6 is 0 Å². The van der Waals surface area contributed by atoms with Crippen molar-refractivity contribution in [2.45, 2.75) is 438 Å². The van der Waals surface area contributed by atoms with Gasteiger partial charge < -0.3 is 14.2 Å². The maximum Gasteiger partial charge on any atom is 0.306 e. The standard InChI is InChI=1S/C77H146O6/c1-4-7-10-13-16-19-22-25-28-31-34-36-37-38-39-40-41-42-44-46-49-52-55-58-61-64-67-70-76(79)82-73-74(72-81-75(78)69-66-63-60-57-54-51-48-45-33-30-27-24-21-18-15-12-9-6-3)83-77(80)71-68-65-62-59-56-53-50-47-43-35-32-29-26-23-20-17-14-11-8-5-2/h30-31,33-34,74H,4-29,32,35-73H2,1-3H3/b33-30-,34-31-. The number of hydrogen-bond donors (Lipinski definition) is 0. The summed E-state index contributed by atoms with van der Waals surface area (Å²) in [5.74, 6) is -0.833. The number of esters is 3. The molecule has 0 radical (unpaired) electrons. The van der Waals surface area contributed by atoms with Crippen LogP contribution < -0.4 is 0 Å². The Morgan fingerprint density at radius 2 is 0.398 bits per heavy atom. The molecule has 0 aromatic rings. The van der Waals surface area contributed by atoms with E-state index in [0.29, 0.717) is 19.3 Å². The Bertz CT molecular complexity index is 1340. The van der Waals surface area contributed by atoms with Gasteiger partial charge in [0.15, 0.2) is 6.10 Å². The zero-order valence-electron chi connectivity index (χ0n) is 56.5. The summed E-state index contributed by atoms with van der Waals surface area (Å²) >= 11 is 0. The van der Waals surface area contributed by atoms with Crippen LogP contribution in [0.3, 0.4) is 0 Å². The minimum atomic E-state index is -0.771. The molecular weight excluding hydrogens is 1020 g/mol. The Morgan fingerprint density at radius 3 is 0.602 bits per heavy atom. The topological polar surface area (TPSA) is 78.9 Å². The first kappa shape index (κ1) is 80.9. The van der Waals surface area contributed by atoms with Gasteiger partial charge in [-0.1, -0.05) is 366 Å². The average Bonchev–Trinajstić information content (AvgIpc) is 3.50. The predicted octanol–water partition coefficient (Wildman–Crippen LogP) is 26.1. The van der Waals surface area contributed by atoms with Crippen LogP contribution in [0.25, 0.3) is 0 Å². The van der Waals surface area contributed by atoms with E-state index >= 15 is 0 Å². The van der Waals surface area contributed by atoms with E-state index in [0.717, 1.165) is 57.8 Å². The van der Waals surface area contributed by atoms with Gasteiger partial charge in [0, 0.05) is 19.3 Å². The molecule has 83 heavy (non-hydrogen) atoms. The monoisotopic (exact) mass is 1170 g/mol. The fraction of sp³-hybridized carbons (Fsp3) is 0.909. The zero-order valence-corrected chi connectivity index (χ0v) is 56.5. The second kappa shape index (κ2) is 72.4. The molecule has 1 atom stereocenters. The molecule has 0 spiro atoms. The van der Waals surface area contributed by atoms with Gasteiger partial charge >= 0.3 is 17.9 Å². The lowest BCUT2D eigenvalue weighted by Gasteiger charge is -2.18. The number of hydrogen-bond acceptors (Lipinski definition) is 6. The Kier molecular flexibility index (Phi) is 70.5. The number of carbonyl (C=O) groups is 3. The minimum absolute atomic E-state index is 0.0661. The van der Waals surface area contributed by atoms with Crippen LogP contribution in [-0.2, 0) is 28.6 Å². The van der Waals surface area contributed by atoms with Crippen LogP contribution in [0, 0.1) is 0 Å². The summed E-state index contributed by atoms with van der Waals surface area (Å²) in [7, 11) is 0. The molecule has 6 nitrogen and oxygen atoms in total. The smallest absolute Gasteiger partial charge is 0.306 e. The van der Waals surface area contributed by atoms with E-state index < -0.39 is 6.10 Å². The molecule has 0 fully saturated rings. The van der Waals surface area contributed by atoms with E-state index in [9.17, 15) is 14.4 Å². The molecule has 0 amide bonds. The van der Waals surface area contributed by atoms with E-state index in [2.05, 4.69) is 45.1 Å². The summed E-state index contributed by atoms with van der Waals surface area (Å²) in [6.45, 7) is 6.73. The summed E-state index contributed by atoms with van der Waals surface area (Å²) in [6, 6.07) is 0. The van der Waals surface area contributed by atoms with Crippen LogP contribution in [0.5, 0.6) is 0 Å². The predicted molar refractivity (Wildman–Crippen MR) is 363 cm³/mol. The van der Waals surface area contributed by atoms with Crippen molar-refractivity contribution in [1.82, 2.24) is 0 Å². The normalized spacial score (nSPS) is 12.1. The molecule has 490 valence electrons. The molecule has 0 saturated heterocycles. The van der Waals surface area contributed by atoms with Gasteiger partial charge in [0.2, 0.25) is 0 Å². The Hall–Kier alpha value is -2.11. The third-order valence-corrected chi connectivity index (χ3v) is 17.4. The Labute approximate surface area is 519 Å². The molecule has 0 saturated carbocycles. The van der Waals surface area contributed by atoms with Gasteiger partial charge in [0.1, 0.15) is 13.2 Å². The molecule has 0 heterocycles. The lowest BCUT2D eigenvalue weighted by atomic mass is 10.0. The van der Waals surface area contributed by atoms with Crippen molar-refractivity contribution in [3.8, 4) is 0 Å². The van der Waals surface area contributed by atoms with E-state index in [1.807, 2.05) is 0 Å². The number of allylic oxidation sites excluding steroid dienone is 4. The fourth-order valence-electron chi connectivity index (χ4n) is 11.7. The molecule has 6 heteroatoms. The molecular formula is C77H146O6. The van der Waals surface area contributed by atoms with Crippen LogP contribution in [0.4, 0.5) is 0 Å². The lowest BCUT2D eigenvalue weighted by Crippen LogP contribution is -2.30. The Morgan fingerprint density at radius 1 is 0.229 bits per heavy atom. The molecule has 0 rings (SSSR count). The third kappa shape index (κ3) is 70.5. The molecule has 0 aliphatic heterocycles. The maximum atomic E-state index is 13.0. The van der Waals surface area contributed by atoms with Crippen molar-refractivity contribution in [3.05, 3.63) is 24.3 Å². The molecule has 1 unspecified atom stereocenters. The summed E-state index contributed by atoms with van der Waals surface area (Å²) in [5, 5.41) is 0. The highest BCUT2D eigenvalue weighted by atomic mass is 16.6. The molecule has 0 aromatic carbocycles. The van der Waals surface area contributed by atoms with Crippen LogP contribution in [0.15, 0.2) is 24.3 Å². The van der Waals surface area contributed by atoms with Crippen LogP contribution in [0.1, 0.15) is 432 Å². The second-order valence-electron chi connectivity index (χ2n) is 25.9. The summed E-state index contributed by atoms with van der Waals surface area (Å²) in [5.41, 5.74) is 0. The fourth-order valence-corrected chi connectivity index (χ4v) is 11.7. The SMILES string of the molecule is CCCCCCCCC/C=C\CCCCCCCCCC(=O)OCC(COC(=O)CCCCCCCCCCCCCCCCC/C=C\CCCCCCCCCC)OC(=O)CCCCCCCCCCCCCCCCCCCCCC. The number of ether oxygens (including phenoxy) is 3. The average molecular weight is 1170 g/mol. The maximum absolute atomic E-state index is 13.0. The molecule has 0 aromatic heterocycles. The van der Waals surface area contributed by atoms with Gasteiger partial charge in [-0.2, -0.15) is 0 Å². The van der Waals surface area contributed by atoms with Gasteiger partial charge in [-0.05, 0) is 70.6 Å². The number of unbranched alkanes of at least 4 members (excludes halogenated alkanes) is 56. The quantitative estimate of drug-likeness (QED) is 0.0261. The highest BCUT2D eigenvalue weighted by molar-refractivity contribution is 5.71. The van der Waals surface area contributed by atoms with Crippen molar-refractivity contribution < 1.29 is 28.6 Å². The van der Waals surface area contributed by atoms with E-state index in [1.54, 1.807) is 0 Å². The lowest BCUT2D eigenvalue weighted by molar-refractivity contribution is -0.167. The molecule has 0 bridgehead atoms. The third-order valence-electron chi connectivity index (χ3n) is 17.4. The Balaban J connectivity index is 4.25. The highest BCUT2D eigenvalue weighted by Crippen LogP contribution is 2.19. The summed E-state index contributed by atoms with van der Waals surface area (Å²) in [6.07, 6.45) is 89.3. The highest BCUT2D eigenvalue weighted by Gasteiger charge is 2.20. The van der Waals surface area contributed by atoms with Gasteiger partial charge in [0.25, 0.3) is 0 Å². The minimum Gasteiger partial charge on any atom is -0.462 e. The van der Waals surface area contributed by atoms with Gasteiger partial charge in [-0.25, -0.2) is 0 Å². The van der Waals surface area contributed by atoms with Crippen molar-refractivity contribution in [1.29, 1.82) is 0 Å². The van der Waals surface area contributed by atoms with Crippen molar-refractivity contribution in [2.75, 3.05) is 13.2 Å². The van der Waals surface area contributed by atoms with Crippen LogP contribution in [0.2, 0.25) is 0 Å². The molecule has 0 aliphatic rings. The largest absolute Gasteiger partial charge is 0.462 e. The van der Waals surface area contributed by atoms with E-state index in [-0.39, 0.29) is 31.1 Å². The molecule has 0 aliphatic carbocycles.